The number of unbranched alkanes of at least 4 members (excludes halogenated alkanes) is 8. The highest BCUT2D eigenvalue weighted by molar-refractivity contribution is 5.03. The van der Waals surface area contributed by atoms with Crippen LogP contribution in [0.15, 0.2) is 0 Å². The second-order valence-corrected chi connectivity index (χ2v) is 6.79. The van der Waals surface area contributed by atoms with Crippen LogP contribution in [0, 0.1) is 48.4 Å². The zero-order valence-corrected chi connectivity index (χ0v) is 16.4. The summed E-state index contributed by atoms with van der Waals surface area (Å²) in [6, 6.07) is 0. The molecule has 0 saturated carbocycles. The lowest BCUT2D eigenvalue weighted by Crippen LogP contribution is -2.46. The largest absolute Gasteiger partial charge is 0.290 e. The molecule has 1 saturated heterocycles. The number of nitrogens with zero attached hydrogens (tertiary/aromatic N) is 2. The molecular formula is C24H34N2. The first-order chi connectivity index (χ1) is 12.9. The summed E-state index contributed by atoms with van der Waals surface area (Å²) in [5.74, 6) is 18.6. The lowest BCUT2D eigenvalue weighted by Gasteiger charge is -2.32. The lowest BCUT2D eigenvalue weighted by molar-refractivity contribution is 0.157. The summed E-state index contributed by atoms with van der Waals surface area (Å²) in [7, 11) is 0. The molecular weight excluding hydrogens is 316 g/mol. The maximum atomic E-state index is 5.24. The molecule has 1 heterocycles. The minimum absolute atomic E-state index is 0.897. The van der Waals surface area contributed by atoms with Gasteiger partial charge in [-0.1, -0.05) is 24.7 Å². The van der Waals surface area contributed by atoms with Crippen molar-refractivity contribution in [2.75, 3.05) is 39.3 Å². The Hall–Kier alpha value is -1.84. The maximum Gasteiger partial charge on any atom is 0.0602 e. The van der Waals surface area contributed by atoms with Gasteiger partial charge < -0.3 is 0 Å². The Morgan fingerprint density at radius 3 is 1.27 bits per heavy atom. The van der Waals surface area contributed by atoms with Crippen LogP contribution >= 0.6 is 0 Å². The SMILES string of the molecule is C#CCCCCCC#CCN1CCN(CC#CCCCCCC#C)CC1. The van der Waals surface area contributed by atoms with Gasteiger partial charge in [-0.05, 0) is 25.7 Å². The van der Waals surface area contributed by atoms with E-state index in [1.807, 2.05) is 0 Å². The highest BCUT2D eigenvalue weighted by Gasteiger charge is 2.14. The Bertz CT molecular complexity index is 495. The first kappa shape index (κ1) is 22.2. The monoisotopic (exact) mass is 350 g/mol. The van der Waals surface area contributed by atoms with Crippen molar-refractivity contribution in [3.8, 4) is 48.4 Å². The predicted molar refractivity (Wildman–Crippen MR) is 112 cm³/mol. The van der Waals surface area contributed by atoms with Gasteiger partial charge in [0, 0.05) is 51.9 Å². The molecule has 0 aromatic carbocycles. The summed E-state index contributed by atoms with van der Waals surface area (Å²) in [5, 5.41) is 0. The third-order valence-corrected chi connectivity index (χ3v) is 4.57. The van der Waals surface area contributed by atoms with Gasteiger partial charge in [-0.2, -0.15) is 0 Å². The van der Waals surface area contributed by atoms with E-state index in [1.165, 1.54) is 25.7 Å². The Kier molecular flexibility index (Phi) is 14.2. The van der Waals surface area contributed by atoms with E-state index in [1.54, 1.807) is 0 Å². The van der Waals surface area contributed by atoms with E-state index in [4.69, 9.17) is 12.8 Å². The minimum Gasteiger partial charge on any atom is -0.290 e. The van der Waals surface area contributed by atoms with Crippen molar-refractivity contribution in [2.45, 2.75) is 64.2 Å². The van der Waals surface area contributed by atoms with E-state index in [9.17, 15) is 0 Å². The minimum atomic E-state index is 0.897. The maximum absolute atomic E-state index is 5.24. The van der Waals surface area contributed by atoms with Crippen LogP contribution in [0.5, 0.6) is 0 Å². The van der Waals surface area contributed by atoms with Gasteiger partial charge >= 0.3 is 0 Å². The van der Waals surface area contributed by atoms with E-state index in [0.717, 1.165) is 77.8 Å². The summed E-state index contributed by atoms with van der Waals surface area (Å²) in [6.45, 7) is 6.22. The van der Waals surface area contributed by atoms with Crippen LogP contribution in [0.3, 0.4) is 0 Å². The van der Waals surface area contributed by atoms with Crippen LogP contribution in [0.4, 0.5) is 0 Å². The quantitative estimate of drug-likeness (QED) is 0.437. The molecule has 0 aromatic heterocycles. The zero-order valence-electron chi connectivity index (χ0n) is 16.4. The first-order valence-electron chi connectivity index (χ1n) is 10.1. The van der Waals surface area contributed by atoms with Crippen molar-refractivity contribution < 1.29 is 0 Å². The van der Waals surface area contributed by atoms with E-state index < -0.39 is 0 Å². The molecule has 2 nitrogen and oxygen atoms in total. The van der Waals surface area contributed by atoms with E-state index >= 15 is 0 Å². The van der Waals surface area contributed by atoms with Crippen molar-refractivity contribution in [3.05, 3.63) is 0 Å². The lowest BCUT2D eigenvalue weighted by atomic mass is 10.1. The molecule has 140 valence electrons. The Balaban J connectivity index is 2.00. The van der Waals surface area contributed by atoms with Gasteiger partial charge in [-0.25, -0.2) is 0 Å². The summed E-state index contributed by atoms with van der Waals surface area (Å²) in [4.78, 5) is 4.89. The molecule has 1 aliphatic rings. The average Bonchev–Trinajstić information content (AvgIpc) is 2.67. The van der Waals surface area contributed by atoms with Gasteiger partial charge in [-0.15, -0.1) is 36.5 Å². The number of hydrogen-bond acceptors (Lipinski definition) is 2. The topological polar surface area (TPSA) is 6.48 Å². The summed E-state index contributed by atoms with van der Waals surface area (Å²) < 4.78 is 0. The van der Waals surface area contributed by atoms with Crippen molar-refractivity contribution in [3.63, 3.8) is 0 Å². The zero-order chi connectivity index (χ0) is 18.7. The molecule has 0 radical (unpaired) electrons. The molecule has 0 aliphatic carbocycles. The van der Waals surface area contributed by atoms with Crippen LogP contribution in [0.1, 0.15) is 64.2 Å². The fourth-order valence-electron chi connectivity index (χ4n) is 2.85. The van der Waals surface area contributed by atoms with E-state index in [2.05, 4.69) is 45.3 Å². The first-order valence-corrected chi connectivity index (χ1v) is 10.1. The molecule has 0 unspecified atom stereocenters. The van der Waals surface area contributed by atoms with Crippen molar-refractivity contribution in [1.29, 1.82) is 0 Å². The van der Waals surface area contributed by atoms with Gasteiger partial charge in [0.2, 0.25) is 0 Å². The van der Waals surface area contributed by atoms with Crippen LogP contribution in [0.2, 0.25) is 0 Å². The van der Waals surface area contributed by atoms with Gasteiger partial charge in [0.1, 0.15) is 0 Å². The molecule has 0 atom stereocenters. The van der Waals surface area contributed by atoms with Crippen LogP contribution < -0.4 is 0 Å². The third kappa shape index (κ3) is 12.5. The van der Waals surface area contributed by atoms with Gasteiger partial charge in [-0.3, -0.25) is 9.80 Å². The Labute approximate surface area is 162 Å². The van der Waals surface area contributed by atoms with Crippen LogP contribution in [-0.4, -0.2) is 49.1 Å². The molecule has 1 rings (SSSR count). The number of terminal acetylenes is 2. The second-order valence-electron chi connectivity index (χ2n) is 6.79. The molecule has 2 heteroatoms. The number of piperazine rings is 1. The second kappa shape index (κ2) is 16.6. The number of rotatable bonds is 10. The van der Waals surface area contributed by atoms with Crippen LogP contribution in [-0.2, 0) is 0 Å². The van der Waals surface area contributed by atoms with Gasteiger partial charge in [0.15, 0.2) is 0 Å². The van der Waals surface area contributed by atoms with Crippen molar-refractivity contribution in [2.24, 2.45) is 0 Å². The molecule has 26 heavy (non-hydrogen) atoms. The summed E-state index contributed by atoms with van der Waals surface area (Å²) in [6.07, 6.45) is 21.3. The standard InChI is InChI=1S/C24H34N2/c1-3-5-7-9-11-13-15-17-19-25-21-23-26(24-22-25)20-18-16-14-12-10-8-6-4-2/h1-2H,5-14,19-24H2. The number of hydrogen-bond donors (Lipinski definition) is 0. The highest BCUT2D eigenvalue weighted by atomic mass is 15.2. The Morgan fingerprint density at radius 2 is 0.885 bits per heavy atom. The van der Waals surface area contributed by atoms with Crippen LogP contribution in [0.25, 0.3) is 0 Å². The highest BCUT2D eigenvalue weighted by Crippen LogP contribution is 2.03. The third-order valence-electron chi connectivity index (χ3n) is 4.57. The molecule has 1 fully saturated rings. The normalized spacial score (nSPS) is 14.4. The summed E-state index contributed by atoms with van der Waals surface area (Å²) in [5.41, 5.74) is 0. The van der Waals surface area contributed by atoms with Crippen molar-refractivity contribution in [1.82, 2.24) is 9.80 Å². The average molecular weight is 351 g/mol. The van der Waals surface area contributed by atoms with Gasteiger partial charge in [0.25, 0.3) is 0 Å². The predicted octanol–water partition coefficient (Wildman–Crippen LogP) is 3.78. The van der Waals surface area contributed by atoms with E-state index in [0.29, 0.717) is 0 Å². The fourth-order valence-corrected chi connectivity index (χ4v) is 2.85. The smallest absolute Gasteiger partial charge is 0.0602 e. The molecule has 0 bridgehead atoms. The molecule has 0 spiro atoms. The molecule has 0 aromatic rings. The Morgan fingerprint density at radius 1 is 0.500 bits per heavy atom. The van der Waals surface area contributed by atoms with E-state index in [-0.39, 0.29) is 0 Å². The molecule has 0 amide bonds. The van der Waals surface area contributed by atoms with Crippen molar-refractivity contribution >= 4 is 0 Å². The molecule has 1 aliphatic heterocycles. The fraction of sp³-hybridized carbons (Fsp3) is 0.667. The van der Waals surface area contributed by atoms with Gasteiger partial charge in [0.05, 0.1) is 13.1 Å². The molecule has 0 N–H and O–H groups in total. The summed E-state index contributed by atoms with van der Waals surface area (Å²) >= 11 is 0.